The number of piperazine rings is 1. The summed E-state index contributed by atoms with van der Waals surface area (Å²) in [6.45, 7) is 8.89. The fourth-order valence-electron chi connectivity index (χ4n) is 2.72. The Bertz CT molecular complexity index is 567. The van der Waals surface area contributed by atoms with Gasteiger partial charge in [0.1, 0.15) is 12.4 Å². The van der Waals surface area contributed by atoms with Crippen LogP contribution in [0.15, 0.2) is 29.3 Å². The van der Waals surface area contributed by atoms with Crippen LogP contribution in [0.3, 0.4) is 0 Å². The average molecular weight is 349 g/mol. The minimum Gasteiger partial charge on any atom is -0.368 e. The lowest BCUT2D eigenvalue weighted by Gasteiger charge is -2.37. The smallest absolute Gasteiger partial charge is 0.241 e. The van der Waals surface area contributed by atoms with Crippen molar-refractivity contribution in [3.63, 3.8) is 0 Å². The molecular weight excluding hydrogens is 321 g/mol. The predicted octanol–water partition coefficient (Wildman–Crippen LogP) is 1.44. The number of nitrogens with one attached hydrogen (secondary N) is 2. The molecule has 6 nitrogen and oxygen atoms in total. The zero-order chi connectivity index (χ0) is 18.1. The molecule has 1 saturated heterocycles. The number of amides is 1. The zero-order valence-corrected chi connectivity index (χ0v) is 15.1. The van der Waals surface area contributed by atoms with E-state index >= 15 is 0 Å². The molecule has 1 fully saturated rings. The van der Waals surface area contributed by atoms with Crippen molar-refractivity contribution in [3.05, 3.63) is 30.1 Å². The highest BCUT2D eigenvalue weighted by atomic mass is 19.1. The van der Waals surface area contributed by atoms with Gasteiger partial charge in [0.15, 0.2) is 5.96 Å². The molecule has 138 valence electrons. The van der Waals surface area contributed by atoms with E-state index in [1.807, 2.05) is 26.0 Å². The van der Waals surface area contributed by atoms with E-state index in [0.717, 1.165) is 50.8 Å². The number of guanidine groups is 1. The zero-order valence-electron chi connectivity index (χ0n) is 15.1. The summed E-state index contributed by atoms with van der Waals surface area (Å²) in [5.74, 6) is 0.500. The lowest BCUT2D eigenvalue weighted by molar-refractivity contribution is -0.119. The third-order valence-electron chi connectivity index (χ3n) is 4.05. The fourth-order valence-corrected chi connectivity index (χ4v) is 2.72. The number of carbonyl (C=O) groups is 1. The molecule has 1 amide bonds. The van der Waals surface area contributed by atoms with Gasteiger partial charge >= 0.3 is 0 Å². The van der Waals surface area contributed by atoms with Crippen LogP contribution < -0.4 is 15.5 Å². The third kappa shape index (κ3) is 5.92. The number of rotatable bonds is 6. The second-order valence-corrected chi connectivity index (χ2v) is 5.97. The molecule has 1 aromatic carbocycles. The quantitative estimate of drug-likeness (QED) is 0.603. The van der Waals surface area contributed by atoms with Crippen molar-refractivity contribution in [1.82, 2.24) is 15.5 Å². The van der Waals surface area contributed by atoms with Gasteiger partial charge < -0.3 is 20.4 Å². The Labute approximate surface area is 149 Å². The summed E-state index contributed by atoms with van der Waals surface area (Å²) < 4.78 is 13.1. The average Bonchev–Trinajstić information content (AvgIpc) is 2.64. The molecule has 0 aromatic heterocycles. The molecule has 0 saturated carbocycles. The minimum atomic E-state index is -0.217. The lowest BCUT2D eigenvalue weighted by Crippen LogP contribution is -2.52. The molecule has 1 aliphatic rings. The van der Waals surface area contributed by atoms with E-state index in [-0.39, 0.29) is 18.3 Å². The molecule has 1 aromatic rings. The summed E-state index contributed by atoms with van der Waals surface area (Å²) in [5.41, 5.74) is 1.03. The summed E-state index contributed by atoms with van der Waals surface area (Å²) in [6.07, 6.45) is 0.918. The summed E-state index contributed by atoms with van der Waals surface area (Å²) in [5, 5.41) is 6.09. The number of nitrogens with zero attached hydrogens (tertiary/aromatic N) is 3. The van der Waals surface area contributed by atoms with Crippen LogP contribution in [0.1, 0.15) is 20.3 Å². The first-order valence-corrected chi connectivity index (χ1v) is 8.94. The number of aliphatic imine (C=N–C) groups is 1. The van der Waals surface area contributed by atoms with Crippen LogP contribution in [0.5, 0.6) is 0 Å². The molecule has 0 spiro atoms. The van der Waals surface area contributed by atoms with Crippen molar-refractivity contribution in [1.29, 1.82) is 0 Å². The maximum absolute atomic E-state index is 13.1. The van der Waals surface area contributed by atoms with Crippen LogP contribution in [-0.4, -0.2) is 62.6 Å². The highest BCUT2D eigenvalue weighted by Gasteiger charge is 2.20. The molecule has 1 heterocycles. The summed E-state index contributed by atoms with van der Waals surface area (Å²) >= 11 is 0. The van der Waals surface area contributed by atoms with Gasteiger partial charge in [-0.1, -0.05) is 6.92 Å². The normalized spacial score (nSPS) is 15.2. The van der Waals surface area contributed by atoms with Gasteiger partial charge in [-0.2, -0.15) is 0 Å². The molecular formula is C18H28FN5O. The molecule has 0 bridgehead atoms. The van der Waals surface area contributed by atoms with Gasteiger partial charge in [-0.15, -0.1) is 0 Å². The Morgan fingerprint density at radius 2 is 1.80 bits per heavy atom. The first kappa shape index (κ1) is 19.0. The highest BCUT2D eigenvalue weighted by molar-refractivity contribution is 5.85. The van der Waals surface area contributed by atoms with Crippen molar-refractivity contribution in [2.24, 2.45) is 4.99 Å². The van der Waals surface area contributed by atoms with Crippen molar-refractivity contribution in [2.45, 2.75) is 20.3 Å². The molecule has 2 N–H and O–H groups in total. The van der Waals surface area contributed by atoms with Crippen molar-refractivity contribution in [3.8, 4) is 0 Å². The monoisotopic (exact) mass is 349 g/mol. The largest absolute Gasteiger partial charge is 0.368 e. The summed E-state index contributed by atoms with van der Waals surface area (Å²) in [4.78, 5) is 20.6. The number of hydrogen-bond donors (Lipinski definition) is 2. The van der Waals surface area contributed by atoms with Crippen LogP contribution in [-0.2, 0) is 4.79 Å². The number of halogens is 1. The Morgan fingerprint density at radius 3 is 2.40 bits per heavy atom. The minimum absolute atomic E-state index is 0.0535. The van der Waals surface area contributed by atoms with Crippen LogP contribution in [0, 0.1) is 5.82 Å². The van der Waals surface area contributed by atoms with Crippen LogP contribution in [0.4, 0.5) is 10.1 Å². The number of carbonyl (C=O) groups excluding carboxylic acids is 1. The van der Waals surface area contributed by atoms with Crippen molar-refractivity contribution >= 4 is 17.6 Å². The van der Waals surface area contributed by atoms with E-state index in [2.05, 4.69) is 25.4 Å². The fraction of sp³-hybridized carbons (Fsp3) is 0.556. The van der Waals surface area contributed by atoms with Crippen LogP contribution in [0.2, 0.25) is 0 Å². The molecule has 1 aliphatic heterocycles. The van der Waals surface area contributed by atoms with E-state index in [1.54, 1.807) is 0 Å². The summed E-state index contributed by atoms with van der Waals surface area (Å²) in [6, 6.07) is 6.59. The number of benzene rings is 1. The van der Waals surface area contributed by atoms with Gasteiger partial charge in [0.25, 0.3) is 0 Å². The summed E-state index contributed by atoms with van der Waals surface area (Å²) in [7, 11) is 0. The van der Waals surface area contributed by atoms with Gasteiger partial charge in [-0.3, -0.25) is 4.79 Å². The van der Waals surface area contributed by atoms with Gasteiger partial charge in [-0.05, 0) is 37.6 Å². The molecule has 0 atom stereocenters. The van der Waals surface area contributed by atoms with E-state index in [9.17, 15) is 9.18 Å². The molecule has 25 heavy (non-hydrogen) atoms. The second-order valence-electron chi connectivity index (χ2n) is 5.97. The van der Waals surface area contributed by atoms with Crippen molar-refractivity contribution < 1.29 is 9.18 Å². The van der Waals surface area contributed by atoms with Gasteiger partial charge in [0.2, 0.25) is 5.91 Å². The molecule has 0 aliphatic carbocycles. The van der Waals surface area contributed by atoms with E-state index in [0.29, 0.717) is 6.54 Å². The maximum Gasteiger partial charge on any atom is 0.241 e. The Kier molecular flexibility index (Phi) is 7.50. The van der Waals surface area contributed by atoms with Crippen LogP contribution >= 0.6 is 0 Å². The van der Waals surface area contributed by atoms with Crippen LogP contribution in [0.25, 0.3) is 0 Å². The van der Waals surface area contributed by atoms with E-state index in [1.165, 1.54) is 12.1 Å². The Morgan fingerprint density at radius 1 is 1.12 bits per heavy atom. The molecule has 0 radical (unpaired) electrons. The van der Waals surface area contributed by atoms with Crippen molar-refractivity contribution in [2.75, 3.05) is 50.7 Å². The Balaban J connectivity index is 1.90. The molecule has 0 unspecified atom stereocenters. The first-order valence-electron chi connectivity index (χ1n) is 8.94. The van der Waals surface area contributed by atoms with Gasteiger partial charge in [0, 0.05) is 45.0 Å². The SMILES string of the molecule is CCCNC(=O)CN=C(NCC)N1CCN(c2ccc(F)cc2)CC1. The third-order valence-corrected chi connectivity index (χ3v) is 4.05. The number of hydrogen-bond acceptors (Lipinski definition) is 3. The lowest BCUT2D eigenvalue weighted by atomic mass is 10.2. The standard InChI is InChI=1S/C18H28FN5O/c1-3-9-21-17(25)14-22-18(20-4-2)24-12-10-23(11-13-24)16-7-5-15(19)6-8-16/h5-8H,3-4,9-14H2,1-2H3,(H,20,22)(H,21,25). The van der Waals surface area contributed by atoms with E-state index < -0.39 is 0 Å². The van der Waals surface area contributed by atoms with Gasteiger partial charge in [0.05, 0.1) is 0 Å². The number of anilines is 1. The Hall–Kier alpha value is -2.31. The van der Waals surface area contributed by atoms with E-state index in [4.69, 9.17) is 0 Å². The topological polar surface area (TPSA) is 60.0 Å². The van der Waals surface area contributed by atoms with Gasteiger partial charge in [-0.25, -0.2) is 9.38 Å². The second kappa shape index (κ2) is 9.86. The molecule has 2 rings (SSSR count). The molecule has 7 heteroatoms. The maximum atomic E-state index is 13.1. The predicted molar refractivity (Wildman–Crippen MR) is 99.5 cm³/mol. The first-order chi connectivity index (χ1) is 12.1. The highest BCUT2D eigenvalue weighted by Crippen LogP contribution is 2.16.